The number of aromatic amines is 1. The number of anilines is 1. The standard InChI is InChI=1S/C17H12ClN3O2S/c18-15-8-12(10-19)6-7-16(15)21-24(22,23)14-9-17(20-11-14)13-4-2-1-3-5-13/h1-9,11,20-21H. The van der Waals surface area contributed by atoms with Crippen LogP contribution < -0.4 is 4.72 Å². The summed E-state index contributed by atoms with van der Waals surface area (Å²) in [5, 5.41) is 8.99. The van der Waals surface area contributed by atoms with E-state index in [2.05, 4.69) is 9.71 Å². The van der Waals surface area contributed by atoms with E-state index in [1.165, 1.54) is 24.4 Å². The maximum Gasteiger partial charge on any atom is 0.263 e. The van der Waals surface area contributed by atoms with Gasteiger partial charge in [-0.2, -0.15) is 5.26 Å². The zero-order valence-corrected chi connectivity index (χ0v) is 13.9. The predicted octanol–water partition coefficient (Wildman–Crippen LogP) is 4.01. The lowest BCUT2D eigenvalue weighted by molar-refractivity contribution is 0.601. The Morgan fingerprint density at radius 2 is 1.83 bits per heavy atom. The molecule has 120 valence electrons. The molecule has 2 aromatic carbocycles. The van der Waals surface area contributed by atoms with Gasteiger partial charge in [0.25, 0.3) is 10.0 Å². The minimum atomic E-state index is -3.79. The van der Waals surface area contributed by atoms with Crippen molar-refractivity contribution < 1.29 is 8.42 Å². The molecule has 0 bridgehead atoms. The number of aromatic nitrogens is 1. The van der Waals surface area contributed by atoms with Crippen LogP contribution >= 0.6 is 11.6 Å². The van der Waals surface area contributed by atoms with E-state index in [1.54, 1.807) is 6.07 Å². The Kier molecular flexibility index (Phi) is 4.30. The van der Waals surface area contributed by atoms with Crippen LogP contribution in [-0.2, 0) is 10.0 Å². The fraction of sp³-hybridized carbons (Fsp3) is 0. The Bertz CT molecular complexity index is 1020. The number of rotatable bonds is 4. The molecule has 2 N–H and O–H groups in total. The van der Waals surface area contributed by atoms with E-state index >= 15 is 0 Å². The lowest BCUT2D eigenvalue weighted by Crippen LogP contribution is -2.12. The van der Waals surface area contributed by atoms with Gasteiger partial charge in [0.1, 0.15) is 4.90 Å². The van der Waals surface area contributed by atoms with Crippen molar-refractivity contribution in [1.29, 1.82) is 5.26 Å². The van der Waals surface area contributed by atoms with Gasteiger partial charge < -0.3 is 4.98 Å². The SMILES string of the molecule is N#Cc1ccc(NS(=O)(=O)c2c[nH]c(-c3ccccc3)c2)c(Cl)c1. The molecule has 0 atom stereocenters. The summed E-state index contributed by atoms with van der Waals surface area (Å²) in [4.78, 5) is 3.05. The molecule has 1 heterocycles. The second-order valence-electron chi connectivity index (χ2n) is 5.03. The van der Waals surface area contributed by atoms with Crippen LogP contribution in [0, 0.1) is 11.3 Å². The highest BCUT2D eigenvalue weighted by molar-refractivity contribution is 7.92. The first kappa shape index (κ1) is 16.1. The Morgan fingerprint density at radius 1 is 1.08 bits per heavy atom. The highest BCUT2D eigenvalue weighted by Crippen LogP contribution is 2.27. The molecule has 0 spiro atoms. The van der Waals surface area contributed by atoms with Crippen molar-refractivity contribution in [3.05, 3.63) is 71.4 Å². The van der Waals surface area contributed by atoms with E-state index in [-0.39, 0.29) is 15.6 Å². The van der Waals surface area contributed by atoms with Gasteiger partial charge in [0.15, 0.2) is 0 Å². The predicted molar refractivity (Wildman–Crippen MR) is 93.2 cm³/mol. The molecule has 7 heteroatoms. The first-order chi connectivity index (χ1) is 11.5. The normalized spacial score (nSPS) is 11.0. The van der Waals surface area contributed by atoms with Crippen molar-refractivity contribution in [3.8, 4) is 17.3 Å². The number of benzene rings is 2. The molecule has 3 rings (SSSR count). The number of nitrogens with zero attached hydrogens (tertiary/aromatic N) is 1. The molecule has 0 aliphatic carbocycles. The molecule has 0 fully saturated rings. The van der Waals surface area contributed by atoms with E-state index < -0.39 is 10.0 Å². The summed E-state index contributed by atoms with van der Waals surface area (Å²) in [6.45, 7) is 0. The van der Waals surface area contributed by atoms with Gasteiger partial charge in [-0.1, -0.05) is 41.9 Å². The third kappa shape index (κ3) is 3.27. The largest absolute Gasteiger partial charge is 0.360 e. The number of sulfonamides is 1. The topological polar surface area (TPSA) is 85.8 Å². The molecule has 0 amide bonds. The van der Waals surface area contributed by atoms with Crippen molar-refractivity contribution in [2.45, 2.75) is 4.90 Å². The summed E-state index contributed by atoms with van der Waals surface area (Å²) < 4.78 is 27.4. The Hall–Kier alpha value is -2.75. The lowest BCUT2D eigenvalue weighted by atomic mass is 10.2. The summed E-state index contributed by atoms with van der Waals surface area (Å²) in [7, 11) is -3.79. The molecule has 0 unspecified atom stereocenters. The van der Waals surface area contributed by atoms with Crippen LogP contribution in [0.1, 0.15) is 5.56 Å². The van der Waals surface area contributed by atoms with Gasteiger partial charge in [0.2, 0.25) is 0 Å². The molecular formula is C17H12ClN3O2S. The van der Waals surface area contributed by atoms with E-state index in [0.717, 1.165) is 5.56 Å². The summed E-state index contributed by atoms with van der Waals surface area (Å²) in [5.74, 6) is 0. The number of nitrogens with one attached hydrogen (secondary N) is 2. The Morgan fingerprint density at radius 3 is 2.50 bits per heavy atom. The number of halogens is 1. The quantitative estimate of drug-likeness (QED) is 0.739. The fourth-order valence-electron chi connectivity index (χ4n) is 2.19. The minimum Gasteiger partial charge on any atom is -0.360 e. The first-order valence-corrected chi connectivity index (χ1v) is 8.82. The van der Waals surface area contributed by atoms with E-state index in [4.69, 9.17) is 16.9 Å². The average molecular weight is 358 g/mol. The van der Waals surface area contributed by atoms with Crippen molar-refractivity contribution in [2.75, 3.05) is 4.72 Å². The fourth-order valence-corrected chi connectivity index (χ4v) is 3.54. The van der Waals surface area contributed by atoms with Gasteiger partial charge in [0, 0.05) is 11.9 Å². The van der Waals surface area contributed by atoms with Crippen molar-refractivity contribution in [1.82, 2.24) is 4.98 Å². The Labute approximate surface area is 144 Å². The van der Waals surface area contributed by atoms with E-state index in [9.17, 15) is 8.42 Å². The zero-order chi connectivity index (χ0) is 17.2. The number of nitriles is 1. The molecule has 0 aliphatic rings. The summed E-state index contributed by atoms with van der Waals surface area (Å²) in [6, 6.07) is 17.3. The van der Waals surface area contributed by atoms with Gasteiger partial charge in [-0.3, -0.25) is 4.72 Å². The monoisotopic (exact) mass is 357 g/mol. The maximum absolute atomic E-state index is 12.5. The molecule has 0 saturated heterocycles. The first-order valence-electron chi connectivity index (χ1n) is 6.96. The van der Waals surface area contributed by atoms with E-state index in [0.29, 0.717) is 11.3 Å². The number of hydrogen-bond donors (Lipinski definition) is 2. The molecule has 0 radical (unpaired) electrons. The van der Waals surface area contributed by atoms with Gasteiger partial charge in [-0.25, -0.2) is 8.42 Å². The van der Waals surface area contributed by atoms with Gasteiger partial charge in [-0.05, 0) is 29.8 Å². The molecule has 5 nitrogen and oxygen atoms in total. The molecular weight excluding hydrogens is 346 g/mol. The number of hydrogen-bond acceptors (Lipinski definition) is 3. The van der Waals surface area contributed by atoms with Gasteiger partial charge in [0.05, 0.1) is 22.3 Å². The molecule has 1 aromatic heterocycles. The third-order valence-corrected chi connectivity index (χ3v) is 5.05. The van der Waals surface area contributed by atoms with Crippen LogP contribution in [0.2, 0.25) is 5.02 Å². The molecule has 0 saturated carbocycles. The van der Waals surface area contributed by atoms with Gasteiger partial charge >= 0.3 is 0 Å². The average Bonchev–Trinajstić information content (AvgIpc) is 3.08. The second-order valence-corrected chi connectivity index (χ2v) is 7.12. The summed E-state index contributed by atoms with van der Waals surface area (Å²) >= 11 is 6.02. The highest BCUT2D eigenvalue weighted by Gasteiger charge is 2.18. The van der Waals surface area contributed by atoms with Crippen molar-refractivity contribution in [2.24, 2.45) is 0 Å². The smallest absolute Gasteiger partial charge is 0.263 e. The highest BCUT2D eigenvalue weighted by atomic mass is 35.5. The zero-order valence-electron chi connectivity index (χ0n) is 12.3. The van der Waals surface area contributed by atoms with E-state index in [1.807, 2.05) is 36.4 Å². The number of H-pyrrole nitrogens is 1. The molecule has 24 heavy (non-hydrogen) atoms. The van der Waals surface area contributed by atoms with Crippen LogP contribution in [-0.4, -0.2) is 13.4 Å². The third-order valence-electron chi connectivity index (χ3n) is 3.39. The van der Waals surface area contributed by atoms with Crippen LogP contribution in [0.15, 0.2) is 65.7 Å². The van der Waals surface area contributed by atoms with Crippen LogP contribution in [0.5, 0.6) is 0 Å². The maximum atomic E-state index is 12.5. The minimum absolute atomic E-state index is 0.0989. The molecule has 0 aliphatic heterocycles. The summed E-state index contributed by atoms with van der Waals surface area (Å²) in [6.07, 6.45) is 1.42. The summed E-state index contributed by atoms with van der Waals surface area (Å²) in [5.41, 5.74) is 2.16. The second kappa shape index (κ2) is 6.40. The van der Waals surface area contributed by atoms with Crippen molar-refractivity contribution >= 4 is 27.3 Å². The van der Waals surface area contributed by atoms with Gasteiger partial charge in [-0.15, -0.1) is 0 Å². The lowest BCUT2D eigenvalue weighted by Gasteiger charge is -2.08. The van der Waals surface area contributed by atoms with Crippen LogP contribution in [0.3, 0.4) is 0 Å². The Balaban J connectivity index is 1.89. The molecule has 3 aromatic rings. The van der Waals surface area contributed by atoms with Crippen LogP contribution in [0.25, 0.3) is 11.3 Å². The van der Waals surface area contributed by atoms with Crippen LogP contribution in [0.4, 0.5) is 5.69 Å². The van der Waals surface area contributed by atoms with Crippen molar-refractivity contribution in [3.63, 3.8) is 0 Å².